The summed E-state index contributed by atoms with van der Waals surface area (Å²) in [5, 5.41) is 56.6. The predicted molar refractivity (Wildman–Crippen MR) is 73.2 cm³/mol. The zero-order valence-electron chi connectivity index (χ0n) is 10.5. The number of hydrogen-bond acceptors (Lipinski definition) is 6. The molecule has 0 aromatic heterocycles. The smallest absolute Gasteiger partial charge is 0.139 e. The van der Waals surface area contributed by atoms with E-state index >= 15 is 0 Å². The van der Waals surface area contributed by atoms with Gasteiger partial charge in [-0.05, 0) is 23.8 Å². The van der Waals surface area contributed by atoms with Gasteiger partial charge >= 0.3 is 0 Å². The van der Waals surface area contributed by atoms with Gasteiger partial charge in [0.05, 0.1) is 6.61 Å². The minimum absolute atomic E-state index is 0.428. The molecule has 0 aliphatic rings. The topological polar surface area (TPSA) is 121 Å². The molecule has 7 heteroatoms. The maximum atomic E-state index is 9.69. The average molecular weight is 305 g/mol. The van der Waals surface area contributed by atoms with Crippen molar-refractivity contribution < 1.29 is 30.6 Å². The lowest BCUT2D eigenvalue weighted by Gasteiger charge is -2.25. The molecule has 0 bridgehead atoms. The summed E-state index contributed by atoms with van der Waals surface area (Å²) in [6, 6.07) is 6.40. The van der Waals surface area contributed by atoms with E-state index in [2.05, 4.69) is 0 Å². The van der Waals surface area contributed by atoms with Crippen LogP contribution >= 0.6 is 11.6 Å². The molecule has 0 amide bonds. The van der Waals surface area contributed by atoms with Crippen molar-refractivity contribution in [3.8, 4) is 0 Å². The van der Waals surface area contributed by atoms with Crippen LogP contribution in [0.4, 0.5) is 0 Å². The van der Waals surface area contributed by atoms with Crippen molar-refractivity contribution in [2.75, 3.05) is 6.61 Å². The summed E-state index contributed by atoms with van der Waals surface area (Å²) >= 11 is 5.76. The Morgan fingerprint density at radius 1 is 1.15 bits per heavy atom. The first-order chi connectivity index (χ1) is 9.36. The highest BCUT2D eigenvalue weighted by atomic mass is 35.5. The first kappa shape index (κ1) is 16.9. The molecule has 6 N–H and O–H groups in total. The molecule has 0 aliphatic carbocycles. The van der Waals surface area contributed by atoms with Crippen LogP contribution in [0.5, 0.6) is 0 Å². The molecule has 4 atom stereocenters. The highest BCUT2D eigenvalue weighted by molar-refractivity contribution is 6.30. The first-order valence-corrected chi connectivity index (χ1v) is 6.24. The minimum atomic E-state index is -1.85. The van der Waals surface area contributed by atoms with Gasteiger partial charge in [-0.2, -0.15) is 0 Å². The van der Waals surface area contributed by atoms with E-state index in [9.17, 15) is 20.4 Å². The van der Waals surface area contributed by atoms with Gasteiger partial charge in [-0.15, -0.1) is 0 Å². The molecule has 1 rings (SSSR count). The van der Waals surface area contributed by atoms with E-state index in [0.717, 1.165) is 6.08 Å². The zero-order valence-corrected chi connectivity index (χ0v) is 11.2. The Morgan fingerprint density at radius 2 is 1.80 bits per heavy atom. The molecular weight excluding hydrogens is 288 g/mol. The van der Waals surface area contributed by atoms with E-state index in [1.165, 1.54) is 6.07 Å². The monoisotopic (exact) mass is 304 g/mol. The van der Waals surface area contributed by atoms with Crippen LogP contribution in [0.3, 0.4) is 0 Å². The summed E-state index contributed by atoms with van der Waals surface area (Å²) in [7, 11) is 0. The number of aliphatic hydroxyl groups is 6. The third-order valence-corrected chi connectivity index (χ3v) is 2.96. The van der Waals surface area contributed by atoms with E-state index < -0.39 is 36.8 Å². The van der Waals surface area contributed by atoms with Crippen LogP contribution in [0.1, 0.15) is 5.56 Å². The molecule has 0 saturated carbocycles. The second-order valence-corrected chi connectivity index (χ2v) is 4.74. The molecule has 0 heterocycles. The summed E-state index contributed by atoms with van der Waals surface area (Å²) in [6.45, 7) is -0.788. The third-order valence-electron chi connectivity index (χ3n) is 2.72. The standard InChI is InChI=1S/C13H17ClO6/c14-8-3-1-2-7(4-8)5-9(16)11(18)13(20)12(19)10(17)6-15/h1-5,10-13,15-20H,6H2/t10-,11+,12-,13-/m1/s1. The van der Waals surface area contributed by atoms with E-state index in [0.29, 0.717) is 10.6 Å². The van der Waals surface area contributed by atoms with E-state index in [-0.39, 0.29) is 0 Å². The van der Waals surface area contributed by atoms with Crippen LogP contribution in [0.15, 0.2) is 30.0 Å². The largest absolute Gasteiger partial charge is 0.509 e. The fourth-order valence-corrected chi connectivity index (χ4v) is 1.75. The Bertz CT molecular complexity index is 464. The van der Waals surface area contributed by atoms with Crippen molar-refractivity contribution in [1.82, 2.24) is 0 Å². The quantitative estimate of drug-likeness (QED) is 0.400. The molecule has 6 nitrogen and oxygen atoms in total. The van der Waals surface area contributed by atoms with Gasteiger partial charge in [-0.3, -0.25) is 0 Å². The summed E-state index contributed by atoms with van der Waals surface area (Å²) in [5.41, 5.74) is 0.485. The first-order valence-electron chi connectivity index (χ1n) is 5.86. The Morgan fingerprint density at radius 3 is 2.35 bits per heavy atom. The van der Waals surface area contributed by atoms with Crippen molar-refractivity contribution in [1.29, 1.82) is 0 Å². The van der Waals surface area contributed by atoms with Crippen molar-refractivity contribution in [3.63, 3.8) is 0 Å². The Labute approximate surface area is 120 Å². The lowest BCUT2D eigenvalue weighted by molar-refractivity contribution is -0.112. The van der Waals surface area contributed by atoms with Gasteiger partial charge in [0.1, 0.15) is 30.2 Å². The molecule has 0 unspecified atom stereocenters. The Hall–Kier alpha value is -1.15. The Kier molecular flexibility index (Phi) is 6.41. The van der Waals surface area contributed by atoms with Crippen LogP contribution in [0.25, 0.3) is 6.08 Å². The zero-order chi connectivity index (χ0) is 15.3. The summed E-state index contributed by atoms with van der Waals surface area (Å²) in [5.74, 6) is -0.607. The second-order valence-electron chi connectivity index (χ2n) is 4.30. The fraction of sp³-hybridized carbons (Fsp3) is 0.385. The van der Waals surface area contributed by atoms with Crippen LogP contribution < -0.4 is 0 Å². The molecule has 112 valence electrons. The van der Waals surface area contributed by atoms with Gasteiger partial charge in [0.15, 0.2) is 0 Å². The molecule has 20 heavy (non-hydrogen) atoms. The van der Waals surface area contributed by atoms with E-state index in [1.807, 2.05) is 0 Å². The van der Waals surface area contributed by atoms with Crippen molar-refractivity contribution >= 4 is 17.7 Å². The number of hydrogen-bond donors (Lipinski definition) is 6. The Balaban J connectivity index is 2.82. The predicted octanol–water partition coefficient (Wildman–Crippen LogP) is -0.325. The number of benzene rings is 1. The summed E-state index contributed by atoms with van der Waals surface area (Å²) < 4.78 is 0. The van der Waals surface area contributed by atoms with Gasteiger partial charge in [-0.25, -0.2) is 0 Å². The molecule has 0 radical (unpaired) electrons. The van der Waals surface area contributed by atoms with Crippen molar-refractivity contribution in [3.05, 3.63) is 40.6 Å². The number of aliphatic hydroxyl groups excluding tert-OH is 6. The van der Waals surface area contributed by atoms with Crippen LogP contribution in [0, 0.1) is 0 Å². The maximum Gasteiger partial charge on any atom is 0.139 e. The summed E-state index contributed by atoms with van der Waals surface area (Å²) in [6.07, 6.45) is -5.93. The lowest BCUT2D eigenvalue weighted by Crippen LogP contribution is -2.46. The molecule has 1 aromatic carbocycles. The maximum absolute atomic E-state index is 9.69. The highest BCUT2D eigenvalue weighted by Crippen LogP contribution is 2.16. The average Bonchev–Trinajstić information content (AvgIpc) is 2.43. The fourth-order valence-electron chi connectivity index (χ4n) is 1.55. The second kappa shape index (κ2) is 7.58. The van der Waals surface area contributed by atoms with Crippen molar-refractivity contribution in [2.24, 2.45) is 0 Å². The molecular formula is C13H17ClO6. The molecule has 0 saturated heterocycles. The van der Waals surface area contributed by atoms with E-state index in [1.54, 1.807) is 18.2 Å². The SMILES string of the molecule is OC[C@@H](O)[C@@H](O)[C@H](O)[C@@H](O)C(O)=Cc1cccc(Cl)c1. The number of rotatable bonds is 6. The molecule has 0 aliphatic heterocycles. The van der Waals surface area contributed by atoms with Crippen LogP contribution in [0.2, 0.25) is 5.02 Å². The van der Waals surface area contributed by atoms with Crippen molar-refractivity contribution in [2.45, 2.75) is 24.4 Å². The molecule has 1 aromatic rings. The molecule has 0 spiro atoms. The van der Waals surface area contributed by atoms with Gasteiger partial charge in [-0.1, -0.05) is 23.7 Å². The molecule has 0 fully saturated rings. The highest BCUT2D eigenvalue weighted by Gasteiger charge is 2.32. The lowest BCUT2D eigenvalue weighted by atomic mass is 10.0. The third kappa shape index (κ3) is 4.45. The van der Waals surface area contributed by atoms with Gasteiger partial charge in [0.25, 0.3) is 0 Å². The van der Waals surface area contributed by atoms with Gasteiger partial charge < -0.3 is 30.6 Å². The van der Waals surface area contributed by atoms with Crippen LogP contribution in [-0.4, -0.2) is 61.7 Å². The number of halogens is 1. The van der Waals surface area contributed by atoms with E-state index in [4.69, 9.17) is 21.8 Å². The van der Waals surface area contributed by atoms with Gasteiger partial charge in [0.2, 0.25) is 0 Å². The summed E-state index contributed by atoms with van der Waals surface area (Å²) in [4.78, 5) is 0. The van der Waals surface area contributed by atoms with Gasteiger partial charge in [0, 0.05) is 5.02 Å². The minimum Gasteiger partial charge on any atom is -0.509 e. The van der Waals surface area contributed by atoms with Crippen LogP contribution in [-0.2, 0) is 0 Å². The normalized spacial score (nSPS) is 18.4.